The van der Waals surface area contributed by atoms with Gasteiger partial charge in [0.15, 0.2) is 0 Å². The molecule has 11 nitrogen and oxygen atoms in total. The topological polar surface area (TPSA) is 201 Å². The van der Waals surface area contributed by atoms with E-state index in [1.54, 1.807) is 48.5 Å². The number of hydrogen-bond donors (Lipinski definition) is 7. The molecule has 1 aromatic heterocycles. The van der Waals surface area contributed by atoms with E-state index in [1.165, 1.54) is 17.0 Å². The Hall–Kier alpha value is -4.51. The second kappa shape index (κ2) is 18.0. The number of carboxylic acid groups (broad SMARTS) is 3. The fourth-order valence-corrected chi connectivity index (χ4v) is 5.84. The Labute approximate surface area is 298 Å². The standard InChI is InChI=1S/C16H14N2O2.C11H15NO3.C7H5I2NO2/c19-16(20)11-5-7-13(8-6-11)17-9-12-10-18-15-4-2-1-3-14(12)15;1-2-3-6-15-10-7-8(12)4-5-9(10)11(13)14;8-4-1-3(7(11)12)2-5(9)6(4)10/h1-8,10,17-18H,9H2,(H,19,20);4-5,7H,2-3,6,12H2,1H3,(H,13,14);1-2H,10H2,(H,11,12). The zero-order valence-electron chi connectivity index (χ0n) is 25.3. The highest BCUT2D eigenvalue weighted by Crippen LogP contribution is 2.24. The van der Waals surface area contributed by atoms with Crippen molar-refractivity contribution in [1.29, 1.82) is 0 Å². The summed E-state index contributed by atoms with van der Waals surface area (Å²) in [5.41, 5.74) is 16.3. The van der Waals surface area contributed by atoms with Crippen LogP contribution in [0.1, 0.15) is 56.4 Å². The Kier molecular flexibility index (Phi) is 14.1. The molecule has 0 saturated heterocycles. The quantitative estimate of drug-likeness (QED) is 0.0413. The smallest absolute Gasteiger partial charge is 0.339 e. The summed E-state index contributed by atoms with van der Waals surface area (Å²) in [5, 5.41) is 30.9. The van der Waals surface area contributed by atoms with E-state index in [2.05, 4.69) is 16.4 Å². The zero-order valence-corrected chi connectivity index (χ0v) is 29.6. The third-order valence-corrected chi connectivity index (χ3v) is 8.39. The Balaban J connectivity index is 0.000000199. The van der Waals surface area contributed by atoms with E-state index in [-0.39, 0.29) is 11.1 Å². The molecular formula is C34H34I2N4O7. The lowest BCUT2D eigenvalue weighted by Gasteiger charge is -2.09. The lowest BCUT2D eigenvalue weighted by atomic mass is 10.1. The van der Waals surface area contributed by atoms with E-state index in [0.29, 0.717) is 35.8 Å². The minimum absolute atomic E-state index is 0.153. The van der Waals surface area contributed by atoms with Crippen molar-refractivity contribution in [2.45, 2.75) is 26.3 Å². The predicted octanol–water partition coefficient (Wildman–Crippen LogP) is 7.80. The molecule has 0 radical (unpaired) electrons. The summed E-state index contributed by atoms with van der Waals surface area (Å²) >= 11 is 4.03. The average molecular weight is 864 g/mol. The Morgan fingerprint density at radius 2 is 1.47 bits per heavy atom. The number of nitrogens with one attached hydrogen (secondary N) is 2. The summed E-state index contributed by atoms with van der Waals surface area (Å²) in [6.07, 6.45) is 3.89. The molecule has 0 saturated carbocycles. The van der Waals surface area contributed by atoms with Crippen molar-refractivity contribution >= 4 is 91.1 Å². The highest BCUT2D eigenvalue weighted by atomic mass is 127. The number of carboxylic acids is 3. The number of para-hydroxylation sites is 1. The van der Waals surface area contributed by atoms with Crippen LogP contribution in [0.15, 0.2) is 85.1 Å². The lowest BCUT2D eigenvalue weighted by molar-refractivity contribution is 0.0682. The number of carbonyl (C=O) groups is 3. The molecule has 0 amide bonds. The van der Waals surface area contributed by atoms with Gasteiger partial charge in [0.1, 0.15) is 11.3 Å². The van der Waals surface area contributed by atoms with Crippen molar-refractivity contribution in [3.8, 4) is 5.75 Å². The normalized spacial score (nSPS) is 10.2. The van der Waals surface area contributed by atoms with Gasteiger partial charge >= 0.3 is 17.9 Å². The number of aromatic carboxylic acids is 3. The van der Waals surface area contributed by atoms with Crippen LogP contribution in [-0.2, 0) is 6.54 Å². The Morgan fingerprint density at radius 3 is 2.06 bits per heavy atom. The zero-order chi connectivity index (χ0) is 34.5. The highest BCUT2D eigenvalue weighted by molar-refractivity contribution is 14.1. The van der Waals surface area contributed by atoms with E-state index in [9.17, 15) is 14.4 Å². The number of H-pyrrole nitrogens is 1. The van der Waals surface area contributed by atoms with Gasteiger partial charge in [0.2, 0.25) is 0 Å². The summed E-state index contributed by atoms with van der Waals surface area (Å²) in [6, 6.07) is 22.5. The van der Waals surface area contributed by atoms with Crippen molar-refractivity contribution < 1.29 is 34.4 Å². The molecule has 5 aromatic rings. The van der Waals surface area contributed by atoms with Gasteiger partial charge in [-0.3, -0.25) is 0 Å². The van der Waals surface area contributed by atoms with Crippen LogP contribution in [-0.4, -0.2) is 44.8 Å². The van der Waals surface area contributed by atoms with Crippen molar-refractivity contribution in [1.82, 2.24) is 4.98 Å². The van der Waals surface area contributed by atoms with Gasteiger partial charge in [-0.25, -0.2) is 14.4 Å². The molecule has 13 heteroatoms. The number of hydrogen-bond acceptors (Lipinski definition) is 7. The summed E-state index contributed by atoms with van der Waals surface area (Å²) < 4.78 is 6.91. The van der Waals surface area contributed by atoms with Crippen LogP contribution in [0.3, 0.4) is 0 Å². The van der Waals surface area contributed by atoms with Gasteiger partial charge in [0, 0.05) is 48.2 Å². The third-order valence-electron chi connectivity index (χ3n) is 6.61. The minimum Gasteiger partial charge on any atom is -0.493 e. The van der Waals surface area contributed by atoms with E-state index >= 15 is 0 Å². The van der Waals surface area contributed by atoms with Crippen molar-refractivity contribution in [2.24, 2.45) is 0 Å². The molecule has 246 valence electrons. The maximum absolute atomic E-state index is 10.8. The number of nitrogen functional groups attached to an aromatic ring is 2. The van der Waals surface area contributed by atoms with E-state index < -0.39 is 17.9 Å². The fraction of sp³-hybridized carbons (Fsp3) is 0.147. The van der Waals surface area contributed by atoms with Gasteiger partial charge in [0.25, 0.3) is 0 Å². The molecule has 0 unspecified atom stereocenters. The number of rotatable bonds is 10. The SMILES string of the molecule is CCCCOc1cc(N)ccc1C(=O)O.Nc1c(I)cc(C(=O)O)cc1I.O=C(O)c1ccc(NCc2c[nH]c3ccccc23)cc1. The first-order chi connectivity index (χ1) is 22.4. The molecule has 1 heterocycles. The molecular weight excluding hydrogens is 830 g/mol. The number of fused-ring (bicyclic) bond motifs is 1. The van der Waals surface area contributed by atoms with E-state index in [0.717, 1.165) is 31.2 Å². The molecule has 47 heavy (non-hydrogen) atoms. The number of aromatic amines is 1. The van der Waals surface area contributed by atoms with Crippen LogP contribution in [0.25, 0.3) is 10.9 Å². The summed E-state index contributed by atoms with van der Waals surface area (Å²) in [4.78, 5) is 35.4. The lowest BCUT2D eigenvalue weighted by Crippen LogP contribution is -2.05. The summed E-state index contributed by atoms with van der Waals surface area (Å²) in [6.45, 7) is 3.25. The van der Waals surface area contributed by atoms with Crippen LogP contribution in [0, 0.1) is 7.14 Å². The van der Waals surface area contributed by atoms with Crippen LogP contribution in [0.4, 0.5) is 17.1 Å². The molecule has 0 aliphatic rings. The maximum Gasteiger partial charge on any atom is 0.339 e. The van der Waals surface area contributed by atoms with Gasteiger partial charge in [-0.05, 0) is 112 Å². The summed E-state index contributed by atoms with van der Waals surface area (Å²) in [5.74, 6) is -2.49. The monoisotopic (exact) mass is 864 g/mol. The first-order valence-electron chi connectivity index (χ1n) is 14.3. The van der Waals surface area contributed by atoms with Gasteiger partial charge in [-0.15, -0.1) is 0 Å². The molecule has 0 aliphatic carbocycles. The number of ether oxygens (including phenoxy) is 1. The van der Waals surface area contributed by atoms with Crippen LogP contribution < -0.4 is 21.5 Å². The van der Waals surface area contributed by atoms with Crippen molar-refractivity contribution in [3.05, 3.63) is 114 Å². The predicted molar refractivity (Wildman–Crippen MR) is 200 cm³/mol. The summed E-state index contributed by atoms with van der Waals surface area (Å²) in [7, 11) is 0. The Morgan fingerprint density at radius 1 is 0.830 bits per heavy atom. The van der Waals surface area contributed by atoms with Gasteiger partial charge < -0.3 is 41.8 Å². The Bertz CT molecular complexity index is 1820. The van der Waals surface area contributed by atoms with Crippen LogP contribution in [0.5, 0.6) is 5.75 Å². The molecule has 0 fully saturated rings. The number of unbranched alkanes of at least 4 members (excludes halogenated alkanes) is 1. The number of aromatic nitrogens is 1. The fourth-order valence-electron chi connectivity index (χ4n) is 4.08. The van der Waals surface area contributed by atoms with Gasteiger partial charge in [-0.2, -0.15) is 0 Å². The number of benzene rings is 4. The van der Waals surface area contributed by atoms with Crippen molar-refractivity contribution in [2.75, 3.05) is 23.4 Å². The van der Waals surface area contributed by atoms with Crippen LogP contribution >= 0.6 is 45.2 Å². The van der Waals surface area contributed by atoms with Gasteiger partial charge in [0.05, 0.1) is 23.4 Å². The van der Waals surface area contributed by atoms with E-state index in [1.807, 2.05) is 76.5 Å². The molecule has 0 atom stereocenters. The largest absolute Gasteiger partial charge is 0.493 e. The molecule has 5 rings (SSSR count). The number of nitrogens with two attached hydrogens (primary N) is 2. The molecule has 0 spiro atoms. The second-order valence-corrected chi connectivity index (χ2v) is 12.3. The molecule has 0 aliphatic heterocycles. The molecule has 4 aromatic carbocycles. The van der Waals surface area contributed by atoms with E-state index in [4.69, 9.17) is 31.5 Å². The molecule has 9 N–H and O–H groups in total. The van der Waals surface area contributed by atoms with Gasteiger partial charge in [-0.1, -0.05) is 31.5 Å². The number of halogens is 2. The van der Waals surface area contributed by atoms with Crippen molar-refractivity contribution in [3.63, 3.8) is 0 Å². The third kappa shape index (κ3) is 11.1. The second-order valence-electron chi connectivity index (χ2n) is 10.0. The van der Waals surface area contributed by atoms with Crippen LogP contribution in [0.2, 0.25) is 0 Å². The minimum atomic E-state index is -0.999. The average Bonchev–Trinajstić information content (AvgIpc) is 3.46. The number of anilines is 3. The maximum atomic E-state index is 10.8. The first kappa shape index (κ1) is 37.0. The highest BCUT2D eigenvalue weighted by Gasteiger charge is 2.11. The first-order valence-corrected chi connectivity index (χ1v) is 16.4. The molecule has 0 bridgehead atoms.